The second-order valence-corrected chi connectivity index (χ2v) is 3.06. The molecule has 0 spiro atoms. The van der Waals surface area contributed by atoms with Gasteiger partial charge in [-0.25, -0.2) is 0 Å². The van der Waals surface area contributed by atoms with Crippen LogP contribution in [0.15, 0.2) is 24.3 Å². The summed E-state index contributed by atoms with van der Waals surface area (Å²) in [5.41, 5.74) is 1.66. The highest BCUT2D eigenvalue weighted by Crippen LogP contribution is 1.98. The molecule has 1 aromatic rings. The summed E-state index contributed by atoms with van der Waals surface area (Å²) in [6.45, 7) is 3.40. The molecule has 1 rings (SSSR count). The molecule has 0 aliphatic rings. The topological polar surface area (TPSA) is 49.7 Å². The smallest absolute Gasteiger partial charge is 0.423 e. The van der Waals surface area contributed by atoms with Gasteiger partial charge in [0.05, 0.1) is 6.61 Å². The quantitative estimate of drug-likeness (QED) is 0.510. The van der Waals surface area contributed by atoms with Gasteiger partial charge in [-0.1, -0.05) is 24.3 Å². The van der Waals surface area contributed by atoms with Gasteiger partial charge in [0.25, 0.3) is 0 Å². The largest absolute Gasteiger partial charge is 0.488 e. The Labute approximate surface area is 84.5 Å². The summed E-state index contributed by atoms with van der Waals surface area (Å²) in [5, 5.41) is 17.7. The van der Waals surface area contributed by atoms with Gasteiger partial charge in [0.1, 0.15) is 0 Å². The summed E-state index contributed by atoms with van der Waals surface area (Å²) in [5.74, 6) is 0. The minimum atomic E-state index is -1.38. The van der Waals surface area contributed by atoms with Gasteiger partial charge in [0, 0.05) is 6.61 Å². The first-order chi connectivity index (χ1) is 6.74. The van der Waals surface area contributed by atoms with Crippen molar-refractivity contribution in [3.05, 3.63) is 29.8 Å². The molecule has 0 saturated heterocycles. The van der Waals surface area contributed by atoms with E-state index in [0.29, 0.717) is 12.1 Å². The van der Waals surface area contributed by atoms with Gasteiger partial charge in [-0.15, -0.1) is 0 Å². The van der Waals surface area contributed by atoms with E-state index >= 15 is 0 Å². The maximum absolute atomic E-state index is 8.86. The zero-order chi connectivity index (χ0) is 10.4. The fraction of sp³-hybridized carbons (Fsp3) is 0.400. The second kappa shape index (κ2) is 5.80. The molecule has 14 heavy (non-hydrogen) atoms. The first-order valence-corrected chi connectivity index (χ1v) is 4.76. The van der Waals surface area contributed by atoms with E-state index in [1.54, 1.807) is 12.1 Å². The second-order valence-electron chi connectivity index (χ2n) is 3.06. The van der Waals surface area contributed by atoms with E-state index in [0.717, 1.165) is 18.6 Å². The molecule has 0 amide bonds. The Hall–Kier alpha value is -0.835. The summed E-state index contributed by atoms with van der Waals surface area (Å²) < 4.78 is 5.22. The predicted molar refractivity (Wildman–Crippen MR) is 56.5 cm³/mol. The lowest BCUT2D eigenvalue weighted by molar-refractivity contribution is 0.151. The number of hydrogen-bond donors (Lipinski definition) is 2. The Morgan fingerprint density at radius 2 is 1.86 bits per heavy atom. The molecular formula is C10H15BO3. The average Bonchev–Trinajstić information content (AvgIpc) is 2.19. The van der Waals surface area contributed by atoms with E-state index in [9.17, 15) is 0 Å². The van der Waals surface area contributed by atoms with Gasteiger partial charge >= 0.3 is 7.12 Å². The SMILES string of the molecule is CCOCCc1ccc(B(O)O)cc1. The van der Waals surface area contributed by atoms with Crippen LogP contribution in [0.4, 0.5) is 0 Å². The first-order valence-electron chi connectivity index (χ1n) is 4.76. The fourth-order valence-corrected chi connectivity index (χ4v) is 1.19. The van der Waals surface area contributed by atoms with Crippen LogP contribution in [0.1, 0.15) is 12.5 Å². The molecule has 0 fully saturated rings. The number of rotatable bonds is 5. The van der Waals surface area contributed by atoms with E-state index in [1.165, 1.54) is 0 Å². The number of ether oxygens (including phenoxy) is 1. The predicted octanol–water partition coefficient (Wildman–Crippen LogP) is -0.0546. The Morgan fingerprint density at radius 3 is 2.36 bits per heavy atom. The Bertz CT molecular complexity index is 259. The molecule has 76 valence electrons. The van der Waals surface area contributed by atoms with Crippen LogP contribution in [-0.2, 0) is 11.2 Å². The molecule has 0 aromatic heterocycles. The van der Waals surface area contributed by atoms with E-state index in [1.807, 2.05) is 19.1 Å². The van der Waals surface area contributed by atoms with Crippen molar-refractivity contribution in [3.63, 3.8) is 0 Å². The third kappa shape index (κ3) is 3.50. The van der Waals surface area contributed by atoms with Crippen LogP contribution in [0.3, 0.4) is 0 Å². The van der Waals surface area contributed by atoms with E-state index in [-0.39, 0.29) is 0 Å². The zero-order valence-corrected chi connectivity index (χ0v) is 8.31. The first kappa shape index (κ1) is 11.2. The molecule has 1 aromatic carbocycles. The standard InChI is InChI=1S/C10H15BO3/c1-2-14-8-7-9-3-5-10(6-4-9)11(12)13/h3-6,12-13H,2,7-8H2,1H3. The van der Waals surface area contributed by atoms with Crippen LogP contribution >= 0.6 is 0 Å². The number of hydrogen-bond acceptors (Lipinski definition) is 3. The molecule has 2 N–H and O–H groups in total. The van der Waals surface area contributed by atoms with Crippen LogP contribution < -0.4 is 5.46 Å². The van der Waals surface area contributed by atoms with Gasteiger partial charge in [-0.3, -0.25) is 0 Å². The summed E-state index contributed by atoms with van der Waals surface area (Å²) in [7, 11) is -1.38. The molecule has 0 radical (unpaired) electrons. The summed E-state index contributed by atoms with van der Waals surface area (Å²) in [6, 6.07) is 7.19. The van der Waals surface area contributed by atoms with Crippen LogP contribution in [0, 0.1) is 0 Å². The highest BCUT2D eigenvalue weighted by molar-refractivity contribution is 6.58. The molecule has 0 atom stereocenters. The lowest BCUT2D eigenvalue weighted by Gasteiger charge is -2.03. The third-order valence-electron chi connectivity index (χ3n) is 2.02. The number of benzene rings is 1. The van der Waals surface area contributed by atoms with Crippen molar-refractivity contribution in [1.29, 1.82) is 0 Å². The normalized spacial score (nSPS) is 10.2. The fourth-order valence-electron chi connectivity index (χ4n) is 1.19. The van der Waals surface area contributed by atoms with Crippen molar-refractivity contribution >= 4 is 12.6 Å². The average molecular weight is 194 g/mol. The molecule has 0 unspecified atom stereocenters. The van der Waals surface area contributed by atoms with Crippen molar-refractivity contribution in [2.45, 2.75) is 13.3 Å². The van der Waals surface area contributed by atoms with Crippen molar-refractivity contribution in [3.8, 4) is 0 Å². The van der Waals surface area contributed by atoms with E-state index < -0.39 is 7.12 Å². The minimum absolute atomic E-state index is 0.519. The van der Waals surface area contributed by atoms with Crippen LogP contribution in [0.5, 0.6) is 0 Å². The highest BCUT2D eigenvalue weighted by Gasteiger charge is 2.09. The lowest BCUT2D eigenvalue weighted by Crippen LogP contribution is -2.29. The van der Waals surface area contributed by atoms with Gasteiger partial charge in [-0.2, -0.15) is 0 Å². The minimum Gasteiger partial charge on any atom is -0.423 e. The molecule has 0 aliphatic carbocycles. The van der Waals surface area contributed by atoms with E-state index in [4.69, 9.17) is 14.8 Å². The van der Waals surface area contributed by atoms with E-state index in [2.05, 4.69) is 0 Å². The highest BCUT2D eigenvalue weighted by atomic mass is 16.5. The molecule has 0 heterocycles. The molecule has 4 heteroatoms. The van der Waals surface area contributed by atoms with Crippen LogP contribution in [0.2, 0.25) is 0 Å². The summed E-state index contributed by atoms with van der Waals surface area (Å²) >= 11 is 0. The molecular weight excluding hydrogens is 179 g/mol. The summed E-state index contributed by atoms with van der Waals surface area (Å²) in [6.07, 6.45) is 0.857. The Morgan fingerprint density at radius 1 is 1.21 bits per heavy atom. The molecule has 0 saturated carbocycles. The van der Waals surface area contributed by atoms with Crippen molar-refractivity contribution < 1.29 is 14.8 Å². The van der Waals surface area contributed by atoms with Crippen molar-refractivity contribution in [1.82, 2.24) is 0 Å². The maximum Gasteiger partial charge on any atom is 0.488 e. The zero-order valence-electron chi connectivity index (χ0n) is 8.31. The van der Waals surface area contributed by atoms with Crippen LogP contribution in [-0.4, -0.2) is 30.4 Å². The van der Waals surface area contributed by atoms with Crippen molar-refractivity contribution in [2.75, 3.05) is 13.2 Å². The molecule has 0 bridgehead atoms. The Balaban J connectivity index is 2.47. The summed E-state index contributed by atoms with van der Waals surface area (Å²) in [4.78, 5) is 0. The van der Waals surface area contributed by atoms with Gasteiger partial charge in [0.15, 0.2) is 0 Å². The Kier molecular flexibility index (Phi) is 4.66. The maximum atomic E-state index is 8.86. The van der Waals surface area contributed by atoms with Gasteiger partial charge < -0.3 is 14.8 Å². The van der Waals surface area contributed by atoms with Gasteiger partial charge in [-0.05, 0) is 24.4 Å². The van der Waals surface area contributed by atoms with Gasteiger partial charge in [0.2, 0.25) is 0 Å². The molecule has 3 nitrogen and oxygen atoms in total. The lowest BCUT2D eigenvalue weighted by atomic mass is 9.80. The third-order valence-corrected chi connectivity index (χ3v) is 2.02. The monoisotopic (exact) mass is 194 g/mol. The molecule has 0 aliphatic heterocycles. The van der Waals surface area contributed by atoms with Crippen LogP contribution in [0.25, 0.3) is 0 Å². The van der Waals surface area contributed by atoms with Crippen molar-refractivity contribution in [2.24, 2.45) is 0 Å².